The molecule has 0 unspecified atom stereocenters. The van der Waals surface area contributed by atoms with Gasteiger partial charge in [-0.25, -0.2) is 0 Å². The van der Waals surface area contributed by atoms with E-state index in [-0.39, 0.29) is 12.5 Å². The van der Waals surface area contributed by atoms with E-state index < -0.39 is 6.10 Å². The third kappa shape index (κ3) is 4.24. The van der Waals surface area contributed by atoms with Gasteiger partial charge in [0.25, 0.3) is 5.91 Å². The Morgan fingerprint density at radius 2 is 2.32 bits per heavy atom. The van der Waals surface area contributed by atoms with Gasteiger partial charge in [0.15, 0.2) is 6.61 Å². The topological polar surface area (TPSA) is 58.6 Å². The number of rotatable bonds is 6. The minimum absolute atomic E-state index is 0.0238. The molecule has 1 amide bonds. The van der Waals surface area contributed by atoms with Crippen molar-refractivity contribution in [2.75, 3.05) is 13.2 Å². The van der Waals surface area contributed by atoms with Gasteiger partial charge in [0.1, 0.15) is 5.75 Å². The molecular formula is C15H21NO3. The summed E-state index contributed by atoms with van der Waals surface area (Å²) in [6.07, 6.45) is 3.19. The van der Waals surface area contributed by atoms with Gasteiger partial charge in [0.2, 0.25) is 0 Å². The van der Waals surface area contributed by atoms with Crippen molar-refractivity contribution in [1.82, 2.24) is 5.32 Å². The third-order valence-electron chi connectivity index (χ3n) is 3.52. The fraction of sp³-hybridized carbons (Fsp3) is 0.533. The lowest BCUT2D eigenvalue weighted by Gasteiger charge is -2.25. The first kappa shape index (κ1) is 13.9. The maximum absolute atomic E-state index is 11.6. The summed E-state index contributed by atoms with van der Waals surface area (Å²) in [5, 5.41) is 12.3. The Hall–Kier alpha value is -1.55. The summed E-state index contributed by atoms with van der Waals surface area (Å²) >= 11 is 0. The Kier molecular flexibility index (Phi) is 4.80. The van der Waals surface area contributed by atoms with Gasteiger partial charge in [-0.15, -0.1) is 0 Å². The lowest BCUT2D eigenvalue weighted by molar-refractivity contribution is -0.123. The van der Waals surface area contributed by atoms with Crippen molar-refractivity contribution < 1.29 is 14.6 Å². The van der Waals surface area contributed by atoms with Gasteiger partial charge in [-0.2, -0.15) is 0 Å². The molecule has 1 fully saturated rings. The molecule has 104 valence electrons. The predicted molar refractivity (Wildman–Crippen MR) is 72.9 cm³/mol. The molecule has 1 aromatic carbocycles. The Labute approximate surface area is 113 Å². The summed E-state index contributed by atoms with van der Waals surface area (Å²) in [6, 6.07) is 7.17. The number of nitrogens with one attached hydrogen (secondary N) is 1. The fourth-order valence-corrected chi connectivity index (χ4v) is 2.02. The van der Waals surface area contributed by atoms with Gasteiger partial charge in [-0.3, -0.25) is 4.79 Å². The SMILES string of the molecule is C[C@H](O)c1cccc(OCC(=O)NCC2CCC2)c1. The fourth-order valence-electron chi connectivity index (χ4n) is 2.02. The molecule has 0 aromatic heterocycles. The van der Waals surface area contributed by atoms with Crippen LogP contribution in [0.3, 0.4) is 0 Å². The van der Waals surface area contributed by atoms with Crippen molar-refractivity contribution >= 4 is 5.91 Å². The molecule has 1 atom stereocenters. The van der Waals surface area contributed by atoms with Crippen LogP contribution >= 0.6 is 0 Å². The van der Waals surface area contributed by atoms with Crippen LogP contribution in [0.5, 0.6) is 5.75 Å². The number of carbonyl (C=O) groups is 1. The first-order chi connectivity index (χ1) is 9.15. The highest BCUT2D eigenvalue weighted by Gasteiger charge is 2.17. The number of benzene rings is 1. The zero-order valence-electron chi connectivity index (χ0n) is 11.3. The molecule has 2 N–H and O–H groups in total. The third-order valence-corrected chi connectivity index (χ3v) is 3.52. The van der Waals surface area contributed by atoms with E-state index in [4.69, 9.17) is 4.74 Å². The molecule has 1 aliphatic rings. The first-order valence-corrected chi connectivity index (χ1v) is 6.82. The number of ether oxygens (including phenoxy) is 1. The smallest absolute Gasteiger partial charge is 0.257 e. The van der Waals surface area contributed by atoms with Crippen LogP contribution in [-0.4, -0.2) is 24.2 Å². The molecule has 0 aliphatic heterocycles. The van der Waals surface area contributed by atoms with Gasteiger partial charge in [-0.1, -0.05) is 18.6 Å². The van der Waals surface area contributed by atoms with E-state index in [2.05, 4.69) is 5.32 Å². The summed E-state index contributed by atoms with van der Waals surface area (Å²) in [7, 11) is 0. The molecule has 0 bridgehead atoms. The molecule has 2 rings (SSSR count). The zero-order chi connectivity index (χ0) is 13.7. The Bertz CT molecular complexity index is 427. The molecule has 0 saturated heterocycles. The molecule has 1 aromatic rings. The minimum Gasteiger partial charge on any atom is -0.484 e. The van der Waals surface area contributed by atoms with E-state index in [0.29, 0.717) is 11.7 Å². The summed E-state index contributed by atoms with van der Waals surface area (Å²) in [4.78, 5) is 11.6. The second-order valence-electron chi connectivity index (χ2n) is 5.14. The largest absolute Gasteiger partial charge is 0.484 e. The van der Waals surface area contributed by atoms with E-state index in [1.54, 1.807) is 19.1 Å². The average Bonchev–Trinajstić information content (AvgIpc) is 2.35. The van der Waals surface area contributed by atoms with Crippen LogP contribution in [0, 0.1) is 5.92 Å². The Balaban J connectivity index is 1.74. The Morgan fingerprint density at radius 1 is 1.53 bits per heavy atom. The van der Waals surface area contributed by atoms with Gasteiger partial charge in [0.05, 0.1) is 6.10 Å². The van der Waals surface area contributed by atoms with Crippen molar-refractivity contribution in [1.29, 1.82) is 0 Å². The highest BCUT2D eigenvalue weighted by Crippen LogP contribution is 2.25. The van der Waals surface area contributed by atoms with Crippen LogP contribution in [0.15, 0.2) is 24.3 Å². The van der Waals surface area contributed by atoms with Crippen LogP contribution in [0.1, 0.15) is 37.9 Å². The molecule has 4 heteroatoms. The maximum atomic E-state index is 11.6. The quantitative estimate of drug-likeness (QED) is 0.825. The minimum atomic E-state index is -0.531. The van der Waals surface area contributed by atoms with Gasteiger partial charge in [-0.05, 0) is 43.4 Å². The van der Waals surface area contributed by atoms with Crippen molar-refractivity contribution in [2.45, 2.75) is 32.3 Å². The van der Waals surface area contributed by atoms with E-state index in [9.17, 15) is 9.90 Å². The predicted octanol–water partition coefficient (Wildman–Crippen LogP) is 2.03. The number of hydrogen-bond donors (Lipinski definition) is 2. The van der Waals surface area contributed by atoms with Crippen LogP contribution in [0.2, 0.25) is 0 Å². The van der Waals surface area contributed by atoms with Gasteiger partial charge < -0.3 is 15.2 Å². The lowest BCUT2D eigenvalue weighted by Crippen LogP contribution is -2.35. The van der Waals surface area contributed by atoms with Crippen LogP contribution in [0.25, 0.3) is 0 Å². The monoisotopic (exact) mass is 263 g/mol. The van der Waals surface area contributed by atoms with Crippen molar-refractivity contribution in [3.05, 3.63) is 29.8 Å². The zero-order valence-corrected chi connectivity index (χ0v) is 11.3. The normalized spacial score (nSPS) is 16.5. The van der Waals surface area contributed by atoms with E-state index in [1.165, 1.54) is 19.3 Å². The molecule has 4 nitrogen and oxygen atoms in total. The molecule has 0 radical (unpaired) electrons. The molecular weight excluding hydrogens is 242 g/mol. The highest BCUT2D eigenvalue weighted by molar-refractivity contribution is 5.77. The Morgan fingerprint density at radius 3 is 2.95 bits per heavy atom. The van der Waals surface area contributed by atoms with Crippen molar-refractivity contribution in [2.24, 2.45) is 5.92 Å². The second kappa shape index (κ2) is 6.57. The standard InChI is InChI=1S/C15H21NO3/c1-11(17)13-6-3-7-14(8-13)19-10-15(18)16-9-12-4-2-5-12/h3,6-8,11-12,17H,2,4-5,9-10H2,1H3,(H,16,18)/t11-/m0/s1. The van der Waals surface area contributed by atoms with Crippen LogP contribution in [-0.2, 0) is 4.79 Å². The molecule has 1 saturated carbocycles. The second-order valence-corrected chi connectivity index (χ2v) is 5.14. The van der Waals surface area contributed by atoms with Crippen molar-refractivity contribution in [3.8, 4) is 5.75 Å². The molecule has 19 heavy (non-hydrogen) atoms. The summed E-state index contributed by atoms with van der Waals surface area (Å²) in [5.74, 6) is 1.18. The summed E-state index contributed by atoms with van der Waals surface area (Å²) in [6.45, 7) is 2.48. The van der Waals surface area contributed by atoms with E-state index >= 15 is 0 Å². The number of carbonyl (C=O) groups excluding carboxylic acids is 1. The van der Waals surface area contributed by atoms with Gasteiger partial charge in [0, 0.05) is 6.54 Å². The van der Waals surface area contributed by atoms with Crippen LogP contribution < -0.4 is 10.1 Å². The lowest BCUT2D eigenvalue weighted by atomic mass is 9.85. The maximum Gasteiger partial charge on any atom is 0.257 e. The summed E-state index contributed by atoms with van der Waals surface area (Å²) in [5.41, 5.74) is 0.785. The highest BCUT2D eigenvalue weighted by atomic mass is 16.5. The van der Waals surface area contributed by atoms with E-state index in [0.717, 1.165) is 12.1 Å². The first-order valence-electron chi connectivity index (χ1n) is 6.82. The van der Waals surface area contributed by atoms with Gasteiger partial charge >= 0.3 is 0 Å². The summed E-state index contributed by atoms with van der Waals surface area (Å²) < 4.78 is 5.42. The van der Waals surface area contributed by atoms with E-state index in [1.807, 2.05) is 12.1 Å². The number of aliphatic hydroxyl groups is 1. The number of hydrogen-bond acceptors (Lipinski definition) is 3. The molecule has 1 aliphatic carbocycles. The molecule has 0 spiro atoms. The average molecular weight is 263 g/mol. The number of amides is 1. The van der Waals surface area contributed by atoms with Crippen molar-refractivity contribution in [3.63, 3.8) is 0 Å². The number of aliphatic hydroxyl groups excluding tert-OH is 1. The van der Waals surface area contributed by atoms with Crippen LogP contribution in [0.4, 0.5) is 0 Å². The molecule has 0 heterocycles.